The number of carbonyl (C=O) groups excluding carboxylic acids is 1. The molecule has 0 aliphatic heterocycles. The molecule has 3 rings (SSSR count). The lowest BCUT2D eigenvalue weighted by molar-refractivity contribution is 0.0823. The van der Waals surface area contributed by atoms with Crippen LogP contribution in [0.25, 0.3) is 0 Å². The van der Waals surface area contributed by atoms with Crippen LogP contribution in [0.3, 0.4) is 0 Å². The van der Waals surface area contributed by atoms with Crippen LogP contribution in [0.5, 0.6) is 5.75 Å². The second-order valence-electron chi connectivity index (χ2n) is 7.07. The van der Waals surface area contributed by atoms with Crippen molar-refractivity contribution in [3.8, 4) is 5.75 Å². The van der Waals surface area contributed by atoms with Crippen LogP contribution in [0.15, 0.2) is 42.5 Å². The van der Waals surface area contributed by atoms with Gasteiger partial charge in [0, 0.05) is 18.7 Å². The number of benzene rings is 2. The third kappa shape index (κ3) is 3.67. The molecule has 0 aromatic heterocycles. The maximum atomic E-state index is 13.3. The van der Waals surface area contributed by atoms with Crippen molar-refractivity contribution < 1.29 is 9.53 Å². The molecular formula is C22H28N2O2. The van der Waals surface area contributed by atoms with E-state index in [0.29, 0.717) is 6.54 Å². The van der Waals surface area contributed by atoms with Gasteiger partial charge in [-0.2, -0.15) is 0 Å². The van der Waals surface area contributed by atoms with Crippen LogP contribution < -0.4 is 15.4 Å². The standard InChI is InChI=1S/C22H28N2O2/c1-16-6-4-5-7-17(16)11-13-24-22(15-23-2)12-10-18-14-19(26-3)8-9-20(18)21(22)25/h4-9,14,23-24H,10-13,15H2,1-3H3. The van der Waals surface area contributed by atoms with Gasteiger partial charge in [0.25, 0.3) is 0 Å². The van der Waals surface area contributed by atoms with Gasteiger partial charge in [0.15, 0.2) is 5.78 Å². The molecule has 0 amide bonds. The highest BCUT2D eigenvalue weighted by Gasteiger charge is 2.41. The second-order valence-corrected chi connectivity index (χ2v) is 7.07. The summed E-state index contributed by atoms with van der Waals surface area (Å²) in [6.07, 6.45) is 2.58. The summed E-state index contributed by atoms with van der Waals surface area (Å²) >= 11 is 0. The Hall–Kier alpha value is -2.17. The summed E-state index contributed by atoms with van der Waals surface area (Å²) in [6.45, 7) is 3.54. The van der Waals surface area contributed by atoms with Crippen LogP contribution >= 0.6 is 0 Å². The summed E-state index contributed by atoms with van der Waals surface area (Å²) in [6, 6.07) is 14.2. The topological polar surface area (TPSA) is 50.4 Å². The van der Waals surface area contributed by atoms with Crippen molar-refractivity contribution in [2.45, 2.75) is 31.7 Å². The maximum absolute atomic E-state index is 13.3. The second kappa shape index (κ2) is 8.02. The molecule has 2 N–H and O–H groups in total. The highest BCUT2D eigenvalue weighted by molar-refractivity contribution is 6.05. The zero-order valence-corrected chi connectivity index (χ0v) is 15.9. The number of ketones is 1. The average Bonchev–Trinajstić information content (AvgIpc) is 2.66. The van der Waals surface area contributed by atoms with Gasteiger partial charge in [-0.15, -0.1) is 0 Å². The van der Waals surface area contributed by atoms with Crippen LogP contribution in [0.4, 0.5) is 0 Å². The van der Waals surface area contributed by atoms with Gasteiger partial charge in [0.2, 0.25) is 0 Å². The Kier molecular flexibility index (Phi) is 5.74. The summed E-state index contributed by atoms with van der Waals surface area (Å²) in [5, 5.41) is 6.80. The highest BCUT2D eigenvalue weighted by Crippen LogP contribution is 2.31. The lowest BCUT2D eigenvalue weighted by Gasteiger charge is -2.37. The maximum Gasteiger partial charge on any atom is 0.184 e. The average molecular weight is 352 g/mol. The van der Waals surface area contributed by atoms with Crippen LogP contribution in [0.1, 0.15) is 33.5 Å². The molecule has 2 aromatic rings. The smallest absolute Gasteiger partial charge is 0.184 e. The molecule has 4 nitrogen and oxygen atoms in total. The number of hydrogen-bond donors (Lipinski definition) is 2. The number of aryl methyl sites for hydroxylation is 2. The third-order valence-electron chi connectivity index (χ3n) is 5.41. The minimum Gasteiger partial charge on any atom is -0.497 e. The van der Waals surface area contributed by atoms with Crippen molar-refractivity contribution >= 4 is 5.78 Å². The van der Waals surface area contributed by atoms with Gasteiger partial charge < -0.3 is 15.4 Å². The third-order valence-corrected chi connectivity index (χ3v) is 5.41. The fourth-order valence-corrected chi connectivity index (χ4v) is 3.87. The first-order valence-electron chi connectivity index (χ1n) is 9.25. The van der Waals surface area contributed by atoms with E-state index in [9.17, 15) is 4.79 Å². The first-order chi connectivity index (χ1) is 12.6. The molecule has 1 aliphatic carbocycles. The number of fused-ring (bicyclic) bond motifs is 1. The Morgan fingerprint density at radius 1 is 1.19 bits per heavy atom. The van der Waals surface area contributed by atoms with E-state index in [0.717, 1.165) is 42.7 Å². The summed E-state index contributed by atoms with van der Waals surface area (Å²) < 4.78 is 5.30. The van der Waals surface area contributed by atoms with E-state index in [1.807, 2.05) is 25.2 Å². The summed E-state index contributed by atoms with van der Waals surface area (Å²) in [7, 11) is 3.56. The number of hydrogen-bond acceptors (Lipinski definition) is 4. The van der Waals surface area contributed by atoms with Gasteiger partial charge >= 0.3 is 0 Å². The zero-order valence-electron chi connectivity index (χ0n) is 15.9. The molecular weight excluding hydrogens is 324 g/mol. The molecule has 2 aromatic carbocycles. The van der Waals surface area contributed by atoms with E-state index >= 15 is 0 Å². The lowest BCUT2D eigenvalue weighted by Crippen LogP contribution is -2.60. The summed E-state index contributed by atoms with van der Waals surface area (Å²) in [5.41, 5.74) is 3.98. The lowest BCUT2D eigenvalue weighted by atomic mass is 9.76. The first-order valence-corrected chi connectivity index (χ1v) is 9.25. The molecule has 1 atom stereocenters. The molecule has 1 aliphatic rings. The highest BCUT2D eigenvalue weighted by atomic mass is 16.5. The van der Waals surface area contributed by atoms with Crippen LogP contribution in [-0.4, -0.2) is 38.6 Å². The summed E-state index contributed by atoms with van der Waals surface area (Å²) in [5.74, 6) is 0.991. The number of rotatable bonds is 7. The number of ether oxygens (including phenoxy) is 1. The van der Waals surface area contributed by atoms with Crippen molar-refractivity contribution in [1.29, 1.82) is 0 Å². The molecule has 1 unspecified atom stereocenters. The van der Waals surface area contributed by atoms with Gasteiger partial charge in [0.1, 0.15) is 5.75 Å². The van der Waals surface area contributed by atoms with Crippen molar-refractivity contribution in [3.63, 3.8) is 0 Å². The van der Waals surface area contributed by atoms with E-state index in [1.165, 1.54) is 11.1 Å². The fraction of sp³-hybridized carbons (Fsp3) is 0.409. The van der Waals surface area contributed by atoms with E-state index in [-0.39, 0.29) is 5.78 Å². The SMILES string of the molecule is CNCC1(NCCc2ccccc2C)CCc2cc(OC)ccc2C1=O. The minimum absolute atomic E-state index is 0.181. The fourth-order valence-electron chi connectivity index (χ4n) is 3.87. The van der Waals surface area contributed by atoms with Gasteiger partial charge in [-0.1, -0.05) is 24.3 Å². The molecule has 0 saturated carbocycles. The normalized spacial score (nSPS) is 19.3. The molecule has 26 heavy (non-hydrogen) atoms. The summed E-state index contributed by atoms with van der Waals surface area (Å²) in [4.78, 5) is 13.3. The Labute approximate surface area is 156 Å². The van der Waals surface area contributed by atoms with E-state index in [2.05, 4.69) is 41.8 Å². The van der Waals surface area contributed by atoms with E-state index in [4.69, 9.17) is 4.74 Å². The van der Waals surface area contributed by atoms with Crippen molar-refractivity contribution in [1.82, 2.24) is 10.6 Å². The quantitative estimate of drug-likeness (QED) is 0.804. The number of likely N-dealkylation sites (N-methyl/N-ethyl adjacent to an activating group) is 1. The van der Waals surface area contributed by atoms with Crippen LogP contribution in [0.2, 0.25) is 0 Å². The van der Waals surface area contributed by atoms with Gasteiger partial charge in [-0.3, -0.25) is 4.79 Å². The van der Waals surface area contributed by atoms with E-state index < -0.39 is 5.54 Å². The Morgan fingerprint density at radius 2 is 2.00 bits per heavy atom. The van der Waals surface area contributed by atoms with Gasteiger partial charge in [-0.25, -0.2) is 0 Å². The Morgan fingerprint density at radius 3 is 2.73 bits per heavy atom. The monoisotopic (exact) mass is 352 g/mol. The molecule has 0 radical (unpaired) electrons. The molecule has 138 valence electrons. The Balaban J connectivity index is 1.77. The van der Waals surface area contributed by atoms with Crippen LogP contribution in [0, 0.1) is 6.92 Å². The van der Waals surface area contributed by atoms with Crippen molar-refractivity contribution in [3.05, 3.63) is 64.7 Å². The van der Waals surface area contributed by atoms with Crippen LogP contribution in [-0.2, 0) is 12.8 Å². The molecule has 0 heterocycles. The number of Topliss-reactive ketones (excluding diaryl/α,β-unsaturated/α-hetero) is 1. The molecule has 0 bridgehead atoms. The first kappa shape index (κ1) is 18.6. The van der Waals surface area contributed by atoms with E-state index in [1.54, 1.807) is 7.11 Å². The Bertz CT molecular complexity index is 787. The molecule has 0 fully saturated rings. The predicted molar refractivity (Wildman–Crippen MR) is 105 cm³/mol. The van der Waals surface area contributed by atoms with Gasteiger partial charge in [0.05, 0.1) is 12.6 Å². The van der Waals surface area contributed by atoms with Crippen molar-refractivity contribution in [2.24, 2.45) is 0 Å². The van der Waals surface area contributed by atoms with Crippen molar-refractivity contribution in [2.75, 3.05) is 27.2 Å². The number of carbonyl (C=O) groups is 1. The predicted octanol–water partition coefficient (Wildman–Crippen LogP) is 2.92. The minimum atomic E-state index is -0.543. The molecule has 0 saturated heterocycles. The van der Waals surface area contributed by atoms with Gasteiger partial charge in [-0.05, 0) is 68.1 Å². The number of nitrogens with one attached hydrogen (secondary N) is 2. The molecule has 4 heteroatoms. The number of methoxy groups -OCH3 is 1. The zero-order chi connectivity index (χ0) is 18.6. The molecule has 0 spiro atoms. The largest absolute Gasteiger partial charge is 0.497 e.